The Balaban J connectivity index is 2.23. The molecule has 0 aliphatic carbocycles. The number of non-ortho nitro benzene ring substituents is 1. The number of aromatic nitrogens is 1. The van der Waals surface area contributed by atoms with Crippen LogP contribution in [0.25, 0.3) is 11.1 Å². The van der Waals surface area contributed by atoms with Gasteiger partial charge in [-0.2, -0.15) is 0 Å². The van der Waals surface area contributed by atoms with Gasteiger partial charge in [-0.3, -0.25) is 15.1 Å². The quantitative estimate of drug-likeness (QED) is 0.660. The fourth-order valence-electron chi connectivity index (χ4n) is 1.63. The van der Waals surface area contributed by atoms with E-state index in [-0.39, 0.29) is 12.3 Å². The third-order valence-corrected chi connectivity index (χ3v) is 2.60. The first-order chi connectivity index (χ1) is 8.70. The van der Waals surface area contributed by atoms with Crippen molar-refractivity contribution in [3.8, 4) is 11.1 Å². The largest absolute Gasteiger partial charge is 0.396 e. The number of nitro benzene ring substituents is 1. The summed E-state index contributed by atoms with van der Waals surface area (Å²) in [7, 11) is 0. The van der Waals surface area contributed by atoms with Gasteiger partial charge in [0, 0.05) is 42.6 Å². The smallest absolute Gasteiger partial charge is 0.269 e. The molecular formula is C13H12N2O3. The fraction of sp³-hybridized carbons (Fsp3) is 0.154. The van der Waals surface area contributed by atoms with E-state index in [0.717, 1.165) is 16.8 Å². The van der Waals surface area contributed by atoms with Crippen LogP contribution in [0.4, 0.5) is 5.69 Å². The lowest BCUT2D eigenvalue weighted by Crippen LogP contribution is -1.94. The van der Waals surface area contributed by atoms with Crippen LogP contribution in [-0.4, -0.2) is 21.6 Å². The van der Waals surface area contributed by atoms with Gasteiger partial charge in [-0.25, -0.2) is 0 Å². The number of pyridine rings is 1. The van der Waals surface area contributed by atoms with Crippen LogP contribution in [0.15, 0.2) is 42.6 Å². The van der Waals surface area contributed by atoms with Crippen LogP contribution in [0.3, 0.4) is 0 Å². The van der Waals surface area contributed by atoms with Gasteiger partial charge in [0.15, 0.2) is 0 Å². The van der Waals surface area contributed by atoms with E-state index in [4.69, 9.17) is 5.11 Å². The van der Waals surface area contributed by atoms with E-state index in [0.29, 0.717) is 6.42 Å². The second-order valence-electron chi connectivity index (χ2n) is 3.82. The van der Waals surface area contributed by atoms with Gasteiger partial charge in [0.25, 0.3) is 5.69 Å². The molecule has 0 bridgehead atoms. The number of hydrogen-bond donors (Lipinski definition) is 1. The molecule has 2 rings (SSSR count). The minimum Gasteiger partial charge on any atom is -0.396 e. The topological polar surface area (TPSA) is 76.3 Å². The molecule has 0 radical (unpaired) electrons. The van der Waals surface area contributed by atoms with Crippen LogP contribution in [0.1, 0.15) is 5.69 Å². The van der Waals surface area contributed by atoms with Crippen LogP contribution >= 0.6 is 0 Å². The van der Waals surface area contributed by atoms with Gasteiger partial charge < -0.3 is 5.11 Å². The second-order valence-corrected chi connectivity index (χ2v) is 3.82. The summed E-state index contributed by atoms with van der Waals surface area (Å²) in [6, 6.07) is 10.1. The molecular weight excluding hydrogens is 232 g/mol. The Bertz CT molecular complexity index is 535. The van der Waals surface area contributed by atoms with Crippen molar-refractivity contribution >= 4 is 5.69 Å². The zero-order valence-electron chi connectivity index (χ0n) is 9.61. The highest BCUT2D eigenvalue weighted by Gasteiger charge is 2.05. The Hall–Kier alpha value is -2.27. The van der Waals surface area contributed by atoms with E-state index < -0.39 is 4.92 Å². The van der Waals surface area contributed by atoms with Gasteiger partial charge in [0.2, 0.25) is 0 Å². The molecule has 0 amide bonds. The van der Waals surface area contributed by atoms with Crippen molar-refractivity contribution < 1.29 is 10.0 Å². The van der Waals surface area contributed by atoms with Crippen molar-refractivity contribution in [2.75, 3.05) is 6.61 Å². The average molecular weight is 244 g/mol. The van der Waals surface area contributed by atoms with Crippen molar-refractivity contribution in [1.82, 2.24) is 4.98 Å². The molecule has 2 aromatic rings. The van der Waals surface area contributed by atoms with E-state index >= 15 is 0 Å². The Labute approximate surface area is 104 Å². The summed E-state index contributed by atoms with van der Waals surface area (Å²) in [6.45, 7) is 0.0733. The van der Waals surface area contributed by atoms with Crippen LogP contribution < -0.4 is 0 Å². The Morgan fingerprint density at radius 2 is 1.78 bits per heavy atom. The Morgan fingerprint density at radius 1 is 1.11 bits per heavy atom. The first-order valence-corrected chi connectivity index (χ1v) is 5.51. The summed E-state index contributed by atoms with van der Waals surface area (Å²) in [5.41, 5.74) is 2.67. The maximum atomic E-state index is 10.5. The zero-order valence-corrected chi connectivity index (χ0v) is 9.61. The molecule has 0 saturated carbocycles. The van der Waals surface area contributed by atoms with Crippen molar-refractivity contribution in [1.29, 1.82) is 0 Å². The van der Waals surface area contributed by atoms with Crippen LogP contribution in [0.2, 0.25) is 0 Å². The fourth-order valence-corrected chi connectivity index (χ4v) is 1.63. The van der Waals surface area contributed by atoms with Gasteiger partial charge in [0.05, 0.1) is 4.92 Å². The molecule has 5 heteroatoms. The van der Waals surface area contributed by atoms with Gasteiger partial charge in [-0.05, 0) is 23.8 Å². The van der Waals surface area contributed by atoms with Gasteiger partial charge in [-0.15, -0.1) is 0 Å². The average Bonchev–Trinajstić information content (AvgIpc) is 2.40. The molecule has 1 aromatic carbocycles. The van der Waals surface area contributed by atoms with Crippen molar-refractivity contribution in [3.63, 3.8) is 0 Å². The highest BCUT2D eigenvalue weighted by atomic mass is 16.6. The molecule has 0 atom stereocenters. The Morgan fingerprint density at radius 3 is 2.28 bits per heavy atom. The molecule has 1 heterocycles. The van der Waals surface area contributed by atoms with Crippen molar-refractivity contribution in [2.24, 2.45) is 0 Å². The zero-order chi connectivity index (χ0) is 13.0. The van der Waals surface area contributed by atoms with Crippen LogP contribution in [-0.2, 0) is 6.42 Å². The predicted octanol–water partition coefficient (Wildman–Crippen LogP) is 2.19. The molecule has 1 N–H and O–H groups in total. The number of benzene rings is 1. The van der Waals surface area contributed by atoms with Gasteiger partial charge >= 0.3 is 0 Å². The maximum absolute atomic E-state index is 10.5. The highest BCUT2D eigenvalue weighted by Crippen LogP contribution is 2.21. The van der Waals surface area contributed by atoms with Gasteiger partial charge in [0.1, 0.15) is 0 Å². The minimum absolute atomic E-state index is 0.0728. The summed E-state index contributed by atoms with van der Waals surface area (Å²) < 4.78 is 0. The lowest BCUT2D eigenvalue weighted by atomic mass is 10.1. The first kappa shape index (κ1) is 12.2. The van der Waals surface area contributed by atoms with E-state index in [1.165, 1.54) is 12.1 Å². The predicted molar refractivity (Wildman–Crippen MR) is 67.1 cm³/mol. The molecule has 1 aromatic heterocycles. The number of hydrogen-bond acceptors (Lipinski definition) is 4. The maximum Gasteiger partial charge on any atom is 0.269 e. The van der Waals surface area contributed by atoms with Crippen molar-refractivity contribution in [3.05, 3.63) is 58.4 Å². The molecule has 0 aliphatic heterocycles. The number of rotatable bonds is 4. The molecule has 0 fully saturated rings. The summed E-state index contributed by atoms with van der Waals surface area (Å²) in [4.78, 5) is 14.3. The SMILES string of the molecule is O=[N+]([O-])c1ccc(-c2ccc(CCO)nc2)cc1. The molecule has 92 valence electrons. The first-order valence-electron chi connectivity index (χ1n) is 5.51. The number of aliphatic hydroxyl groups excluding tert-OH is 1. The van der Waals surface area contributed by atoms with E-state index in [1.807, 2.05) is 12.1 Å². The summed E-state index contributed by atoms with van der Waals surface area (Å²) >= 11 is 0. The molecule has 18 heavy (non-hydrogen) atoms. The molecule has 5 nitrogen and oxygen atoms in total. The molecule has 0 spiro atoms. The van der Waals surface area contributed by atoms with Crippen LogP contribution in [0.5, 0.6) is 0 Å². The standard InChI is InChI=1S/C13H12N2O3/c16-8-7-12-4-1-11(9-14-12)10-2-5-13(6-3-10)15(17)18/h1-6,9,16H,7-8H2. The number of nitro groups is 1. The minimum atomic E-state index is -0.424. The normalized spacial score (nSPS) is 10.3. The number of nitrogens with zero attached hydrogens (tertiary/aromatic N) is 2. The van der Waals surface area contributed by atoms with E-state index in [9.17, 15) is 10.1 Å². The van der Waals surface area contributed by atoms with Gasteiger partial charge in [-0.1, -0.05) is 6.07 Å². The molecule has 0 saturated heterocycles. The monoisotopic (exact) mass is 244 g/mol. The van der Waals surface area contributed by atoms with E-state index in [2.05, 4.69) is 4.98 Å². The summed E-state index contributed by atoms with van der Waals surface area (Å²) in [5.74, 6) is 0. The van der Waals surface area contributed by atoms with Crippen LogP contribution in [0, 0.1) is 10.1 Å². The second kappa shape index (κ2) is 5.37. The molecule has 0 aliphatic rings. The lowest BCUT2D eigenvalue weighted by molar-refractivity contribution is -0.384. The summed E-state index contributed by atoms with van der Waals surface area (Å²) in [5, 5.41) is 19.3. The summed E-state index contributed by atoms with van der Waals surface area (Å²) in [6.07, 6.45) is 2.23. The third-order valence-electron chi connectivity index (χ3n) is 2.60. The molecule has 0 unspecified atom stereocenters. The Kier molecular flexibility index (Phi) is 3.64. The number of aliphatic hydroxyl groups is 1. The van der Waals surface area contributed by atoms with E-state index in [1.54, 1.807) is 18.3 Å². The third kappa shape index (κ3) is 2.70. The highest BCUT2D eigenvalue weighted by molar-refractivity contribution is 5.63. The van der Waals surface area contributed by atoms with Crippen molar-refractivity contribution in [2.45, 2.75) is 6.42 Å². The lowest BCUT2D eigenvalue weighted by Gasteiger charge is -2.02.